The number of nitrogens with zero attached hydrogens (tertiary/aromatic N) is 3. The van der Waals surface area contributed by atoms with Crippen molar-refractivity contribution < 1.29 is 4.79 Å². The molecular weight excluding hydrogens is 262 g/mol. The maximum atomic E-state index is 12.0. The molecule has 96 valence electrons. The molecular formula is C12H11N5OS. The summed E-state index contributed by atoms with van der Waals surface area (Å²) in [7, 11) is 0. The molecule has 0 aliphatic rings. The minimum absolute atomic E-state index is 0.191. The van der Waals surface area contributed by atoms with Crippen molar-refractivity contribution in [3.63, 3.8) is 0 Å². The van der Waals surface area contributed by atoms with Gasteiger partial charge in [-0.05, 0) is 19.1 Å². The number of carbonyl (C=O) groups excluding carboxylic acids is 1. The number of anilines is 1. The van der Waals surface area contributed by atoms with Crippen LogP contribution >= 0.6 is 11.8 Å². The van der Waals surface area contributed by atoms with Gasteiger partial charge in [0, 0.05) is 0 Å². The second-order valence-corrected chi connectivity index (χ2v) is 5.03. The standard InChI is InChI=1S/C12H11N5OS/c1-8(19-12-14-7-15-17-12)11(18)16-10-5-3-2-4-9(10)6-13/h2-5,7-8H,1H3,(H,16,18)(H,14,15,17)/t8-/m0/s1. The lowest BCUT2D eigenvalue weighted by Gasteiger charge is -2.11. The third-order valence-electron chi connectivity index (χ3n) is 2.36. The summed E-state index contributed by atoms with van der Waals surface area (Å²) in [5, 5.41) is 18.3. The quantitative estimate of drug-likeness (QED) is 0.828. The minimum atomic E-state index is -0.348. The average molecular weight is 273 g/mol. The van der Waals surface area contributed by atoms with Crippen molar-refractivity contribution in [1.29, 1.82) is 5.26 Å². The van der Waals surface area contributed by atoms with Crippen molar-refractivity contribution in [3.05, 3.63) is 36.2 Å². The van der Waals surface area contributed by atoms with Gasteiger partial charge >= 0.3 is 0 Å². The lowest BCUT2D eigenvalue weighted by atomic mass is 10.2. The number of hydrogen-bond acceptors (Lipinski definition) is 5. The predicted octanol–water partition coefficient (Wildman–Crippen LogP) is 1.80. The van der Waals surface area contributed by atoms with Crippen molar-refractivity contribution in [2.75, 3.05) is 5.32 Å². The fourth-order valence-electron chi connectivity index (χ4n) is 1.40. The predicted molar refractivity (Wildman–Crippen MR) is 71.5 cm³/mol. The van der Waals surface area contributed by atoms with Gasteiger partial charge in [-0.2, -0.15) is 10.4 Å². The first-order valence-electron chi connectivity index (χ1n) is 5.52. The molecule has 0 aliphatic heterocycles. The monoisotopic (exact) mass is 273 g/mol. The number of benzene rings is 1. The molecule has 0 aliphatic carbocycles. The maximum Gasteiger partial charge on any atom is 0.237 e. The topological polar surface area (TPSA) is 94.5 Å². The van der Waals surface area contributed by atoms with Gasteiger partial charge in [0.15, 0.2) is 5.16 Å². The molecule has 0 spiro atoms. The molecule has 0 unspecified atom stereocenters. The Morgan fingerprint density at radius 3 is 3.00 bits per heavy atom. The van der Waals surface area contributed by atoms with E-state index in [0.29, 0.717) is 16.4 Å². The first-order chi connectivity index (χ1) is 9.20. The van der Waals surface area contributed by atoms with Gasteiger partial charge in [-0.25, -0.2) is 4.98 Å². The Hall–Kier alpha value is -2.33. The van der Waals surface area contributed by atoms with Crippen molar-refractivity contribution in [2.45, 2.75) is 17.3 Å². The molecule has 1 heterocycles. The van der Waals surface area contributed by atoms with Gasteiger partial charge in [0.2, 0.25) is 5.91 Å². The molecule has 1 atom stereocenters. The molecule has 7 heteroatoms. The number of nitrogens with one attached hydrogen (secondary N) is 2. The Labute approximate surface area is 114 Å². The van der Waals surface area contributed by atoms with Crippen LogP contribution in [0.4, 0.5) is 5.69 Å². The number of hydrogen-bond donors (Lipinski definition) is 2. The Morgan fingerprint density at radius 2 is 2.32 bits per heavy atom. The molecule has 1 aromatic heterocycles. The number of thioether (sulfide) groups is 1. The van der Waals surface area contributed by atoms with Crippen molar-refractivity contribution in [1.82, 2.24) is 15.2 Å². The first-order valence-corrected chi connectivity index (χ1v) is 6.40. The summed E-state index contributed by atoms with van der Waals surface area (Å²) in [6, 6.07) is 8.91. The Bertz CT molecular complexity index is 605. The number of H-pyrrole nitrogens is 1. The smallest absolute Gasteiger partial charge is 0.237 e. The Kier molecular flexibility index (Phi) is 4.15. The van der Waals surface area contributed by atoms with Gasteiger partial charge in [0.1, 0.15) is 12.4 Å². The molecule has 1 amide bonds. The minimum Gasteiger partial charge on any atom is -0.324 e. The van der Waals surface area contributed by atoms with Gasteiger partial charge in [-0.15, -0.1) is 0 Å². The van der Waals surface area contributed by atoms with E-state index in [0.717, 1.165) is 0 Å². The summed E-state index contributed by atoms with van der Waals surface area (Å²) in [4.78, 5) is 15.9. The third-order valence-corrected chi connectivity index (χ3v) is 3.34. The van der Waals surface area contributed by atoms with Crippen LogP contribution in [-0.2, 0) is 4.79 Å². The second-order valence-electron chi connectivity index (χ2n) is 3.70. The van der Waals surface area contributed by atoms with E-state index in [2.05, 4.69) is 20.5 Å². The number of para-hydroxylation sites is 1. The van der Waals surface area contributed by atoms with Crippen molar-refractivity contribution in [2.24, 2.45) is 0 Å². The molecule has 0 saturated carbocycles. The lowest BCUT2D eigenvalue weighted by molar-refractivity contribution is -0.115. The van der Waals surface area contributed by atoms with E-state index in [1.165, 1.54) is 18.1 Å². The van der Waals surface area contributed by atoms with Crippen LogP contribution in [0.15, 0.2) is 35.7 Å². The highest BCUT2D eigenvalue weighted by molar-refractivity contribution is 8.00. The number of amides is 1. The SMILES string of the molecule is C[C@H](Sc1ncn[nH]1)C(=O)Nc1ccccc1C#N. The zero-order valence-corrected chi connectivity index (χ0v) is 10.9. The number of carbonyl (C=O) groups is 1. The van der Waals surface area contributed by atoms with E-state index in [1.54, 1.807) is 31.2 Å². The summed E-state index contributed by atoms with van der Waals surface area (Å²) in [5.74, 6) is -0.191. The van der Waals surface area contributed by atoms with Gasteiger partial charge in [0.25, 0.3) is 0 Å². The van der Waals surface area contributed by atoms with Crippen molar-refractivity contribution >= 4 is 23.4 Å². The van der Waals surface area contributed by atoms with Crippen LogP contribution < -0.4 is 5.32 Å². The molecule has 1 aromatic carbocycles. The van der Waals surface area contributed by atoms with Gasteiger partial charge in [-0.3, -0.25) is 9.89 Å². The van der Waals surface area contributed by atoms with Gasteiger partial charge in [-0.1, -0.05) is 23.9 Å². The molecule has 2 aromatic rings. The van der Waals surface area contributed by atoms with E-state index in [-0.39, 0.29) is 11.2 Å². The largest absolute Gasteiger partial charge is 0.324 e. The first kappa shape index (κ1) is 13.1. The fraction of sp³-hybridized carbons (Fsp3) is 0.167. The van der Waals surface area contributed by atoms with Crippen LogP contribution in [0, 0.1) is 11.3 Å². The van der Waals surface area contributed by atoms with E-state index in [9.17, 15) is 4.79 Å². The Morgan fingerprint density at radius 1 is 1.53 bits per heavy atom. The number of rotatable bonds is 4. The van der Waals surface area contributed by atoms with Crippen LogP contribution in [0.25, 0.3) is 0 Å². The van der Waals surface area contributed by atoms with Crippen LogP contribution in [0.2, 0.25) is 0 Å². The zero-order valence-electron chi connectivity index (χ0n) is 10.1. The molecule has 0 radical (unpaired) electrons. The zero-order chi connectivity index (χ0) is 13.7. The lowest BCUT2D eigenvalue weighted by Crippen LogP contribution is -2.23. The summed E-state index contributed by atoms with van der Waals surface area (Å²) >= 11 is 1.27. The summed E-state index contributed by atoms with van der Waals surface area (Å²) in [6.07, 6.45) is 1.39. The normalized spacial score (nSPS) is 11.6. The van der Waals surface area contributed by atoms with E-state index >= 15 is 0 Å². The van der Waals surface area contributed by atoms with Crippen LogP contribution in [-0.4, -0.2) is 26.3 Å². The number of aromatic amines is 1. The molecule has 0 saturated heterocycles. The summed E-state index contributed by atoms with van der Waals surface area (Å²) in [5.41, 5.74) is 0.952. The fourth-order valence-corrected chi connectivity index (χ4v) is 2.11. The molecule has 2 N–H and O–H groups in total. The molecule has 0 fully saturated rings. The average Bonchev–Trinajstić information content (AvgIpc) is 2.92. The highest BCUT2D eigenvalue weighted by Gasteiger charge is 2.17. The van der Waals surface area contributed by atoms with Gasteiger partial charge < -0.3 is 5.32 Å². The van der Waals surface area contributed by atoms with Crippen LogP contribution in [0.1, 0.15) is 12.5 Å². The summed E-state index contributed by atoms with van der Waals surface area (Å²) < 4.78 is 0. The summed E-state index contributed by atoms with van der Waals surface area (Å²) in [6.45, 7) is 1.76. The highest BCUT2D eigenvalue weighted by Crippen LogP contribution is 2.21. The molecule has 6 nitrogen and oxygen atoms in total. The molecule has 2 rings (SSSR count). The van der Waals surface area contributed by atoms with Crippen LogP contribution in [0.5, 0.6) is 0 Å². The van der Waals surface area contributed by atoms with Gasteiger partial charge in [0.05, 0.1) is 16.5 Å². The third kappa shape index (κ3) is 3.33. The number of aromatic nitrogens is 3. The highest BCUT2D eigenvalue weighted by atomic mass is 32.2. The van der Waals surface area contributed by atoms with Crippen molar-refractivity contribution in [3.8, 4) is 6.07 Å². The maximum absolute atomic E-state index is 12.0. The van der Waals surface area contributed by atoms with E-state index in [4.69, 9.17) is 5.26 Å². The Balaban J connectivity index is 2.03. The number of nitriles is 1. The molecule has 0 bridgehead atoms. The second kappa shape index (κ2) is 6.02. The van der Waals surface area contributed by atoms with E-state index < -0.39 is 0 Å². The molecule has 19 heavy (non-hydrogen) atoms. The van der Waals surface area contributed by atoms with Crippen LogP contribution in [0.3, 0.4) is 0 Å². The van der Waals surface area contributed by atoms with E-state index in [1.807, 2.05) is 6.07 Å².